The third kappa shape index (κ3) is 2.61. The van der Waals surface area contributed by atoms with Crippen molar-refractivity contribution in [2.24, 2.45) is 0 Å². The van der Waals surface area contributed by atoms with Gasteiger partial charge in [0.15, 0.2) is 0 Å². The third-order valence-corrected chi connectivity index (χ3v) is 5.10. The Labute approximate surface area is 165 Å². The summed E-state index contributed by atoms with van der Waals surface area (Å²) in [5, 5.41) is 21.5. The lowest BCUT2D eigenvalue weighted by molar-refractivity contribution is 0.567. The van der Waals surface area contributed by atoms with E-state index in [1.807, 2.05) is 24.3 Å². The lowest BCUT2D eigenvalue weighted by Gasteiger charge is -2.27. The molecule has 0 saturated heterocycles. The summed E-state index contributed by atoms with van der Waals surface area (Å²) in [6.07, 6.45) is 0. The molecule has 0 unspecified atom stereocenters. The first-order chi connectivity index (χ1) is 13.6. The summed E-state index contributed by atoms with van der Waals surface area (Å²) in [4.78, 5) is 12.5. The molecule has 1 aliphatic heterocycles. The molecule has 3 heterocycles. The van der Waals surface area contributed by atoms with Crippen LogP contribution >= 0.6 is 15.9 Å². The first kappa shape index (κ1) is 16.8. The maximum Gasteiger partial charge on any atom is 0.288 e. The van der Waals surface area contributed by atoms with Crippen LogP contribution in [0, 0.1) is 5.82 Å². The predicted octanol–water partition coefficient (Wildman–Crippen LogP) is 3.02. The van der Waals surface area contributed by atoms with Crippen LogP contribution in [0.15, 0.2) is 57.8 Å². The van der Waals surface area contributed by atoms with Gasteiger partial charge in [-0.05, 0) is 52.4 Å². The summed E-state index contributed by atoms with van der Waals surface area (Å²) in [6, 6.07) is 13.1. The average Bonchev–Trinajstić information content (AvgIpc) is 3.17. The van der Waals surface area contributed by atoms with E-state index >= 15 is 0 Å². The van der Waals surface area contributed by atoms with Gasteiger partial charge in [-0.1, -0.05) is 33.2 Å². The molecule has 8 nitrogen and oxygen atoms in total. The Morgan fingerprint density at radius 2 is 1.82 bits per heavy atom. The maximum absolute atomic E-state index is 13.4. The predicted molar refractivity (Wildman–Crippen MR) is 103 cm³/mol. The van der Waals surface area contributed by atoms with Crippen molar-refractivity contribution in [1.82, 2.24) is 30.4 Å². The number of anilines is 2. The topological polar surface area (TPSA) is 101 Å². The summed E-state index contributed by atoms with van der Waals surface area (Å²) in [5.41, 5.74) is 2.57. The Morgan fingerprint density at radius 1 is 1.07 bits per heavy atom. The number of nitrogens with one attached hydrogen (secondary N) is 2. The molecule has 2 aromatic carbocycles. The van der Waals surface area contributed by atoms with E-state index < -0.39 is 11.6 Å². The molecule has 1 atom stereocenters. The number of hydrogen-bond donors (Lipinski definition) is 2. The van der Waals surface area contributed by atoms with Gasteiger partial charge in [-0.25, -0.2) is 9.49 Å². The standard InChI is InChI=1S/C18H11BrFN7O/c19-11-5-1-10(2-6-11)16-13-14(9-3-7-12(20)8-4-9)22-23-17(28)15(13)21-18-24-25-26-27(16)18/h1-8,16H,(H,23,28)(H,21,24,26)/t16-/m1/s1. The molecule has 138 valence electrons. The molecule has 28 heavy (non-hydrogen) atoms. The van der Waals surface area contributed by atoms with Crippen LogP contribution in [0.1, 0.15) is 17.2 Å². The van der Waals surface area contributed by atoms with Gasteiger partial charge in [0.05, 0.1) is 5.69 Å². The quantitative estimate of drug-likeness (QED) is 0.438. The lowest BCUT2D eigenvalue weighted by Crippen LogP contribution is -2.29. The van der Waals surface area contributed by atoms with E-state index in [1.54, 1.807) is 16.8 Å². The van der Waals surface area contributed by atoms with Crippen molar-refractivity contribution in [2.75, 3.05) is 5.32 Å². The highest BCUT2D eigenvalue weighted by Crippen LogP contribution is 2.41. The zero-order valence-electron chi connectivity index (χ0n) is 14.1. The summed E-state index contributed by atoms with van der Waals surface area (Å²) < 4.78 is 15.9. The Morgan fingerprint density at radius 3 is 2.57 bits per heavy atom. The minimum absolute atomic E-state index is 0.310. The number of nitrogens with zero attached hydrogens (tertiary/aromatic N) is 5. The zero-order chi connectivity index (χ0) is 19.3. The van der Waals surface area contributed by atoms with Crippen molar-refractivity contribution >= 4 is 27.6 Å². The van der Waals surface area contributed by atoms with Crippen molar-refractivity contribution in [3.8, 4) is 11.3 Å². The second-order valence-corrected chi connectivity index (χ2v) is 7.14. The molecule has 0 amide bonds. The van der Waals surface area contributed by atoms with Crippen molar-refractivity contribution < 1.29 is 4.39 Å². The SMILES string of the molecule is O=c1[nH]nc(-c2ccc(F)cc2)c2c1Nc1nnnn1[C@@H]2c1ccc(Br)cc1. The molecule has 1 aliphatic rings. The van der Waals surface area contributed by atoms with Gasteiger partial charge >= 0.3 is 0 Å². The number of tetrazole rings is 1. The van der Waals surface area contributed by atoms with Crippen LogP contribution in [-0.4, -0.2) is 30.4 Å². The number of hydrogen-bond acceptors (Lipinski definition) is 6. The van der Waals surface area contributed by atoms with Crippen LogP contribution in [0.5, 0.6) is 0 Å². The van der Waals surface area contributed by atoms with E-state index in [9.17, 15) is 9.18 Å². The Hall–Kier alpha value is -3.40. The zero-order valence-corrected chi connectivity index (χ0v) is 15.7. The van der Waals surface area contributed by atoms with Gasteiger partial charge in [-0.15, -0.1) is 0 Å². The monoisotopic (exact) mass is 439 g/mol. The number of aromatic amines is 1. The molecule has 10 heteroatoms. The smallest absolute Gasteiger partial charge is 0.288 e. The summed E-state index contributed by atoms with van der Waals surface area (Å²) in [7, 11) is 0. The number of benzene rings is 2. The molecule has 0 aliphatic carbocycles. The van der Waals surface area contributed by atoms with E-state index in [-0.39, 0.29) is 5.82 Å². The number of aromatic nitrogens is 6. The minimum atomic E-state index is -0.482. The van der Waals surface area contributed by atoms with Gasteiger partial charge in [-0.3, -0.25) is 4.79 Å². The second-order valence-electron chi connectivity index (χ2n) is 6.22. The molecule has 0 fully saturated rings. The van der Waals surface area contributed by atoms with E-state index in [1.165, 1.54) is 12.1 Å². The van der Waals surface area contributed by atoms with E-state index in [0.29, 0.717) is 28.5 Å². The molecular formula is C18H11BrFN7O. The number of fused-ring (bicyclic) bond motifs is 2. The summed E-state index contributed by atoms with van der Waals surface area (Å²) in [6.45, 7) is 0. The summed E-state index contributed by atoms with van der Waals surface area (Å²) >= 11 is 3.43. The molecule has 0 saturated carbocycles. The number of halogens is 2. The molecule has 0 radical (unpaired) electrons. The van der Waals surface area contributed by atoms with Gasteiger partial charge in [0.25, 0.3) is 5.56 Å². The maximum atomic E-state index is 13.4. The van der Waals surface area contributed by atoms with Gasteiger partial charge in [-0.2, -0.15) is 9.78 Å². The average molecular weight is 440 g/mol. The molecule has 4 aromatic rings. The van der Waals surface area contributed by atoms with Crippen LogP contribution in [0.3, 0.4) is 0 Å². The first-order valence-electron chi connectivity index (χ1n) is 8.30. The second kappa shape index (κ2) is 6.34. The lowest BCUT2D eigenvalue weighted by atomic mass is 9.92. The van der Waals surface area contributed by atoms with Gasteiger partial charge in [0.1, 0.15) is 17.5 Å². The van der Waals surface area contributed by atoms with Crippen molar-refractivity contribution in [1.29, 1.82) is 0 Å². The molecule has 5 rings (SSSR count). The van der Waals surface area contributed by atoms with Crippen LogP contribution < -0.4 is 10.9 Å². The van der Waals surface area contributed by atoms with E-state index in [4.69, 9.17) is 0 Å². The fourth-order valence-corrected chi connectivity index (χ4v) is 3.58. The van der Waals surface area contributed by atoms with Crippen LogP contribution in [0.25, 0.3) is 11.3 Å². The summed E-state index contributed by atoms with van der Waals surface area (Å²) in [5.74, 6) is -0.00503. The van der Waals surface area contributed by atoms with E-state index in [2.05, 4.69) is 47.0 Å². The minimum Gasteiger partial charge on any atom is -0.318 e. The highest BCUT2D eigenvalue weighted by atomic mass is 79.9. The van der Waals surface area contributed by atoms with Crippen LogP contribution in [0.4, 0.5) is 16.0 Å². The van der Waals surface area contributed by atoms with Gasteiger partial charge in [0, 0.05) is 15.6 Å². The fourth-order valence-electron chi connectivity index (χ4n) is 3.32. The fraction of sp³-hybridized carbons (Fsp3) is 0.0556. The van der Waals surface area contributed by atoms with Gasteiger partial charge < -0.3 is 5.32 Å². The van der Waals surface area contributed by atoms with Crippen molar-refractivity contribution in [3.05, 3.63) is 80.3 Å². The largest absolute Gasteiger partial charge is 0.318 e. The molecule has 2 N–H and O–H groups in total. The molecule has 0 bridgehead atoms. The van der Waals surface area contributed by atoms with Crippen LogP contribution in [0.2, 0.25) is 0 Å². The highest BCUT2D eigenvalue weighted by Gasteiger charge is 2.34. The molecular weight excluding hydrogens is 429 g/mol. The van der Waals surface area contributed by atoms with Crippen molar-refractivity contribution in [2.45, 2.75) is 6.04 Å². The first-order valence-corrected chi connectivity index (χ1v) is 9.10. The van der Waals surface area contributed by atoms with E-state index in [0.717, 1.165) is 10.0 Å². The highest BCUT2D eigenvalue weighted by molar-refractivity contribution is 9.10. The number of H-pyrrole nitrogens is 1. The third-order valence-electron chi connectivity index (χ3n) is 4.57. The van der Waals surface area contributed by atoms with Crippen molar-refractivity contribution in [3.63, 3.8) is 0 Å². The Kier molecular flexibility index (Phi) is 3.79. The normalized spacial score (nSPS) is 14.9. The molecule has 0 spiro atoms. The van der Waals surface area contributed by atoms with Gasteiger partial charge in [0.2, 0.25) is 5.95 Å². The van der Waals surface area contributed by atoms with Crippen LogP contribution in [-0.2, 0) is 0 Å². The molecule has 2 aromatic heterocycles. The Bertz CT molecular complexity index is 1230. The Balaban J connectivity index is 1.81. The number of rotatable bonds is 2.